The van der Waals surface area contributed by atoms with Gasteiger partial charge in [-0.1, -0.05) is 30.3 Å². The van der Waals surface area contributed by atoms with E-state index < -0.39 is 10.0 Å². The van der Waals surface area contributed by atoms with Gasteiger partial charge in [0.1, 0.15) is 5.82 Å². The van der Waals surface area contributed by atoms with E-state index in [1.54, 1.807) is 54.6 Å². The molecular formula is C21H19FN2O3S. The lowest BCUT2D eigenvalue weighted by Gasteiger charge is -2.19. The van der Waals surface area contributed by atoms with Crippen molar-refractivity contribution < 1.29 is 17.6 Å². The third-order valence-electron chi connectivity index (χ3n) is 4.24. The third kappa shape index (κ3) is 4.37. The minimum Gasteiger partial charge on any atom is -0.348 e. The van der Waals surface area contributed by atoms with E-state index in [1.807, 2.05) is 0 Å². The Kier molecular flexibility index (Phi) is 5.75. The van der Waals surface area contributed by atoms with Gasteiger partial charge in [0.2, 0.25) is 0 Å². The molecule has 0 heterocycles. The van der Waals surface area contributed by atoms with E-state index in [2.05, 4.69) is 5.32 Å². The smallest absolute Gasteiger partial charge is 0.264 e. The second-order valence-corrected chi connectivity index (χ2v) is 8.11. The summed E-state index contributed by atoms with van der Waals surface area (Å²) < 4.78 is 39.7. The average Bonchev–Trinajstić information content (AvgIpc) is 2.72. The van der Waals surface area contributed by atoms with Crippen LogP contribution in [0.4, 0.5) is 10.1 Å². The van der Waals surface area contributed by atoms with E-state index in [0.717, 1.165) is 4.31 Å². The van der Waals surface area contributed by atoms with Crippen molar-refractivity contribution in [1.82, 2.24) is 5.32 Å². The Bertz CT molecular complexity index is 1070. The lowest BCUT2D eigenvalue weighted by molar-refractivity contribution is 0.0951. The van der Waals surface area contributed by atoms with E-state index in [1.165, 1.54) is 31.3 Å². The number of carbonyl (C=O) groups is 1. The molecule has 0 spiro atoms. The summed E-state index contributed by atoms with van der Waals surface area (Å²) >= 11 is 0. The van der Waals surface area contributed by atoms with Crippen molar-refractivity contribution in [3.05, 3.63) is 95.8 Å². The summed E-state index contributed by atoms with van der Waals surface area (Å²) in [4.78, 5) is 12.5. The third-order valence-corrected chi connectivity index (χ3v) is 6.04. The number of sulfonamides is 1. The Morgan fingerprint density at radius 2 is 1.64 bits per heavy atom. The van der Waals surface area contributed by atoms with Crippen molar-refractivity contribution in [2.75, 3.05) is 11.4 Å². The highest BCUT2D eigenvalue weighted by Gasteiger charge is 2.21. The number of halogens is 1. The number of rotatable bonds is 6. The van der Waals surface area contributed by atoms with Gasteiger partial charge in [0.05, 0.1) is 10.6 Å². The maximum Gasteiger partial charge on any atom is 0.264 e. The highest BCUT2D eigenvalue weighted by Crippen LogP contribution is 2.22. The predicted octanol–water partition coefficient (Wildman–Crippen LogP) is 3.58. The normalized spacial score (nSPS) is 11.1. The summed E-state index contributed by atoms with van der Waals surface area (Å²) in [7, 11) is -2.22. The number of benzene rings is 3. The summed E-state index contributed by atoms with van der Waals surface area (Å²) in [6.45, 7) is 0.195. The topological polar surface area (TPSA) is 66.5 Å². The van der Waals surface area contributed by atoms with Crippen LogP contribution in [0.3, 0.4) is 0 Å². The van der Waals surface area contributed by atoms with Gasteiger partial charge in [-0.3, -0.25) is 9.10 Å². The molecule has 0 bridgehead atoms. The molecule has 3 aromatic rings. The number of amides is 1. The van der Waals surface area contributed by atoms with E-state index in [-0.39, 0.29) is 23.2 Å². The molecule has 28 heavy (non-hydrogen) atoms. The van der Waals surface area contributed by atoms with Gasteiger partial charge in [-0.2, -0.15) is 0 Å². The summed E-state index contributed by atoms with van der Waals surface area (Å²) in [6.07, 6.45) is 0. The summed E-state index contributed by atoms with van der Waals surface area (Å²) in [5.41, 5.74) is 1.47. The molecule has 0 aliphatic heterocycles. The summed E-state index contributed by atoms with van der Waals surface area (Å²) in [5.74, 6) is -0.692. The fraction of sp³-hybridized carbons (Fsp3) is 0.0952. The largest absolute Gasteiger partial charge is 0.348 e. The van der Waals surface area contributed by atoms with Crippen LogP contribution in [0.25, 0.3) is 0 Å². The number of anilines is 1. The number of carbonyl (C=O) groups excluding carboxylic acids is 1. The van der Waals surface area contributed by atoms with Crippen LogP contribution in [-0.2, 0) is 16.6 Å². The van der Waals surface area contributed by atoms with Gasteiger partial charge in [0.15, 0.2) is 0 Å². The van der Waals surface area contributed by atoms with Gasteiger partial charge >= 0.3 is 0 Å². The standard InChI is InChI=1S/C21H19FN2O3S/c1-24(28(26,27)20-8-3-2-4-9-20)19-12-10-17(11-13-19)21(25)23-15-16-6-5-7-18(22)14-16/h2-14H,15H2,1H3,(H,23,25). The number of hydrogen-bond acceptors (Lipinski definition) is 3. The van der Waals surface area contributed by atoms with Crippen molar-refractivity contribution in [2.24, 2.45) is 0 Å². The predicted molar refractivity (Wildman–Crippen MR) is 106 cm³/mol. The molecule has 5 nitrogen and oxygen atoms in total. The zero-order valence-corrected chi connectivity index (χ0v) is 16.0. The molecule has 0 saturated heterocycles. The van der Waals surface area contributed by atoms with E-state index in [4.69, 9.17) is 0 Å². The van der Waals surface area contributed by atoms with Crippen LogP contribution < -0.4 is 9.62 Å². The molecule has 0 atom stereocenters. The van der Waals surface area contributed by atoms with Crippen LogP contribution in [-0.4, -0.2) is 21.4 Å². The number of hydrogen-bond donors (Lipinski definition) is 1. The monoisotopic (exact) mass is 398 g/mol. The van der Waals surface area contributed by atoms with Crippen LogP contribution in [0, 0.1) is 5.82 Å². The van der Waals surface area contributed by atoms with E-state index in [0.29, 0.717) is 16.8 Å². The lowest BCUT2D eigenvalue weighted by Crippen LogP contribution is -2.27. The Morgan fingerprint density at radius 1 is 0.964 bits per heavy atom. The van der Waals surface area contributed by atoms with Gasteiger partial charge < -0.3 is 5.32 Å². The van der Waals surface area contributed by atoms with Crippen LogP contribution in [0.2, 0.25) is 0 Å². The quantitative estimate of drug-likeness (QED) is 0.690. The molecular weight excluding hydrogens is 379 g/mol. The van der Waals surface area contributed by atoms with E-state index >= 15 is 0 Å². The molecule has 0 aromatic heterocycles. The first kappa shape index (κ1) is 19.6. The van der Waals surface area contributed by atoms with Crippen molar-refractivity contribution in [2.45, 2.75) is 11.4 Å². The van der Waals surface area contributed by atoms with Gasteiger partial charge in [-0.15, -0.1) is 0 Å². The number of nitrogens with one attached hydrogen (secondary N) is 1. The highest BCUT2D eigenvalue weighted by molar-refractivity contribution is 7.92. The Balaban J connectivity index is 1.69. The first-order chi connectivity index (χ1) is 13.4. The van der Waals surface area contributed by atoms with Crippen molar-refractivity contribution in [3.63, 3.8) is 0 Å². The van der Waals surface area contributed by atoms with Gasteiger partial charge in [-0.25, -0.2) is 12.8 Å². The first-order valence-corrected chi connectivity index (χ1v) is 9.98. The lowest BCUT2D eigenvalue weighted by atomic mass is 10.1. The molecule has 0 saturated carbocycles. The Morgan fingerprint density at radius 3 is 2.29 bits per heavy atom. The maximum atomic E-state index is 13.2. The average molecular weight is 398 g/mol. The van der Waals surface area contributed by atoms with Crippen molar-refractivity contribution >= 4 is 21.6 Å². The zero-order valence-electron chi connectivity index (χ0n) is 15.2. The van der Waals surface area contributed by atoms with Gasteiger partial charge in [0.25, 0.3) is 15.9 Å². The SMILES string of the molecule is CN(c1ccc(C(=O)NCc2cccc(F)c2)cc1)S(=O)(=O)c1ccccc1. The van der Waals surface area contributed by atoms with Gasteiger partial charge in [0, 0.05) is 19.2 Å². The molecule has 7 heteroatoms. The highest BCUT2D eigenvalue weighted by atomic mass is 32.2. The molecule has 1 N–H and O–H groups in total. The van der Waals surface area contributed by atoms with Crippen LogP contribution in [0.15, 0.2) is 83.8 Å². The molecule has 144 valence electrons. The fourth-order valence-corrected chi connectivity index (χ4v) is 3.86. The van der Waals surface area contributed by atoms with Crippen LogP contribution >= 0.6 is 0 Å². The van der Waals surface area contributed by atoms with Gasteiger partial charge in [-0.05, 0) is 54.1 Å². The minimum atomic E-state index is -3.68. The second-order valence-electron chi connectivity index (χ2n) is 6.15. The molecule has 3 rings (SSSR count). The second kappa shape index (κ2) is 8.22. The molecule has 0 aliphatic rings. The molecule has 0 fully saturated rings. The molecule has 0 unspecified atom stereocenters. The van der Waals surface area contributed by atoms with Crippen molar-refractivity contribution in [3.8, 4) is 0 Å². The summed E-state index contributed by atoms with van der Waals surface area (Å²) in [6, 6.07) is 20.3. The fourth-order valence-electron chi connectivity index (χ4n) is 2.64. The Labute approximate surface area is 163 Å². The molecule has 3 aromatic carbocycles. The summed E-state index contributed by atoms with van der Waals surface area (Å²) in [5, 5.41) is 2.71. The first-order valence-electron chi connectivity index (χ1n) is 8.54. The van der Waals surface area contributed by atoms with Crippen LogP contribution in [0.1, 0.15) is 15.9 Å². The van der Waals surface area contributed by atoms with Crippen molar-refractivity contribution in [1.29, 1.82) is 0 Å². The van der Waals surface area contributed by atoms with E-state index in [9.17, 15) is 17.6 Å². The zero-order chi connectivity index (χ0) is 20.1. The number of nitrogens with zero attached hydrogens (tertiary/aromatic N) is 1. The molecule has 1 amide bonds. The minimum absolute atomic E-state index is 0.189. The molecule has 0 aliphatic carbocycles. The van der Waals surface area contributed by atoms with Crippen LogP contribution in [0.5, 0.6) is 0 Å². The maximum absolute atomic E-state index is 13.2. The Hall–Kier alpha value is -3.19. The molecule has 0 radical (unpaired) electrons.